The van der Waals surface area contributed by atoms with E-state index in [4.69, 9.17) is 15.7 Å². The summed E-state index contributed by atoms with van der Waals surface area (Å²) in [5.41, 5.74) is 5.21. The summed E-state index contributed by atoms with van der Waals surface area (Å²) in [6.45, 7) is 6.53. The van der Waals surface area contributed by atoms with E-state index < -0.39 is 15.9 Å². The Bertz CT molecular complexity index is 1310. The van der Waals surface area contributed by atoms with Crippen LogP contribution < -0.4 is 16.1 Å². The van der Waals surface area contributed by atoms with Crippen molar-refractivity contribution in [2.45, 2.75) is 38.1 Å². The summed E-state index contributed by atoms with van der Waals surface area (Å²) in [6, 6.07) is 21.1. The molecule has 37 heavy (non-hydrogen) atoms. The Hall–Kier alpha value is -3.89. The highest BCUT2D eigenvalue weighted by atomic mass is 32.2. The molecule has 0 aliphatic rings. The molecule has 0 saturated carbocycles. The van der Waals surface area contributed by atoms with Crippen molar-refractivity contribution in [3.8, 4) is 11.1 Å². The SMILES string of the molecule is CC(C)C[C@H](C)Nc1cccc(C(=N)NO)c1.CS(=O)(=O)c1ccccc1-c1ccc(NC(=O)O)cc1. The molecule has 3 rings (SSSR count). The van der Waals surface area contributed by atoms with E-state index in [0.29, 0.717) is 34.3 Å². The second-order valence-electron chi connectivity index (χ2n) is 9.02. The molecule has 0 aliphatic heterocycles. The normalized spacial score (nSPS) is 11.6. The lowest BCUT2D eigenvalue weighted by atomic mass is 10.0. The fourth-order valence-corrected chi connectivity index (χ4v) is 4.68. The van der Waals surface area contributed by atoms with Gasteiger partial charge in [0.1, 0.15) is 5.84 Å². The molecule has 0 radical (unpaired) electrons. The van der Waals surface area contributed by atoms with Crippen molar-refractivity contribution in [2.24, 2.45) is 5.92 Å². The molecule has 0 spiro atoms. The molecule has 1 atom stereocenters. The van der Waals surface area contributed by atoms with Gasteiger partial charge in [0.25, 0.3) is 0 Å². The molecule has 0 bridgehead atoms. The van der Waals surface area contributed by atoms with Crippen molar-refractivity contribution in [2.75, 3.05) is 16.9 Å². The third-order valence-electron chi connectivity index (χ3n) is 5.23. The number of amidine groups is 1. The molecule has 6 N–H and O–H groups in total. The number of nitrogens with one attached hydrogen (secondary N) is 4. The molecule has 0 saturated heterocycles. The lowest BCUT2D eigenvalue weighted by Crippen LogP contribution is -2.20. The zero-order chi connectivity index (χ0) is 27.6. The average Bonchev–Trinajstić information content (AvgIpc) is 2.83. The van der Waals surface area contributed by atoms with Crippen LogP contribution in [0.3, 0.4) is 0 Å². The first-order valence-corrected chi connectivity index (χ1v) is 13.5. The Labute approximate surface area is 218 Å². The van der Waals surface area contributed by atoms with Crippen LogP contribution in [0.4, 0.5) is 16.2 Å². The Morgan fingerprint density at radius 2 is 1.59 bits per heavy atom. The van der Waals surface area contributed by atoms with Crippen LogP contribution in [0.15, 0.2) is 77.7 Å². The molecule has 10 heteroatoms. The van der Waals surface area contributed by atoms with Crippen molar-refractivity contribution in [1.29, 1.82) is 5.41 Å². The summed E-state index contributed by atoms with van der Waals surface area (Å²) in [4.78, 5) is 10.8. The number of rotatable bonds is 8. The number of benzene rings is 3. The van der Waals surface area contributed by atoms with Crippen molar-refractivity contribution in [3.05, 3.63) is 78.4 Å². The van der Waals surface area contributed by atoms with Gasteiger partial charge in [0, 0.05) is 34.8 Å². The summed E-state index contributed by atoms with van der Waals surface area (Å²) in [5.74, 6) is 0.656. The van der Waals surface area contributed by atoms with Crippen LogP contribution >= 0.6 is 0 Å². The highest BCUT2D eigenvalue weighted by molar-refractivity contribution is 7.90. The largest absolute Gasteiger partial charge is 0.465 e. The van der Waals surface area contributed by atoms with E-state index in [9.17, 15) is 13.2 Å². The average molecular weight is 527 g/mol. The van der Waals surface area contributed by atoms with Gasteiger partial charge in [0.05, 0.1) is 4.90 Å². The Balaban J connectivity index is 0.000000264. The van der Waals surface area contributed by atoms with E-state index in [-0.39, 0.29) is 10.7 Å². The number of hydrogen-bond acceptors (Lipinski definition) is 6. The van der Waals surface area contributed by atoms with Crippen LogP contribution in [0.5, 0.6) is 0 Å². The molecule has 0 fully saturated rings. The van der Waals surface area contributed by atoms with Gasteiger partial charge in [-0.15, -0.1) is 0 Å². The van der Waals surface area contributed by atoms with Gasteiger partial charge in [0.15, 0.2) is 9.84 Å². The van der Waals surface area contributed by atoms with Gasteiger partial charge in [-0.05, 0) is 55.2 Å². The Morgan fingerprint density at radius 3 is 2.16 bits per heavy atom. The highest BCUT2D eigenvalue weighted by Gasteiger charge is 2.13. The molecule has 0 heterocycles. The molecule has 0 aliphatic carbocycles. The number of hydroxylamine groups is 1. The standard InChI is InChI=1S/C14H13NO4S.C13H21N3O/c1-20(18,19)13-5-3-2-4-12(13)10-6-8-11(9-7-10)15-14(16)17;1-9(2)7-10(3)15-12-6-4-5-11(8-12)13(14)16-17/h2-9,15H,1H3,(H,16,17);4-6,8-10,15,17H,7H2,1-3H3,(H2,14,16)/t;10-/m.0/s1. The maximum Gasteiger partial charge on any atom is 0.409 e. The molecular weight excluding hydrogens is 492 g/mol. The monoisotopic (exact) mass is 526 g/mol. The van der Waals surface area contributed by atoms with Crippen LogP contribution in [0, 0.1) is 11.3 Å². The van der Waals surface area contributed by atoms with Crippen LogP contribution in [-0.2, 0) is 9.84 Å². The van der Waals surface area contributed by atoms with Crippen LogP contribution in [0.25, 0.3) is 11.1 Å². The number of carboxylic acid groups (broad SMARTS) is 1. The number of sulfone groups is 1. The van der Waals surface area contributed by atoms with Gasteiger partial charge in [0.2, 0.25) is 0 Å². The van der Waals surface area contributed by atoms with Gasteiger partial charge in [-0.2, -0.15) is 0 Å². The quantitative estimate of drug-likeness (QED) is 0.125. The topological polar surface area (TPSA) is 152 Å². The predicted molar refractivity (Wildman–Crippen MR) is 147 cm³/mol. The first-order valence-electron chi connectivity index (χ1n) is 11.7. The van der Waals surface area contributed by atoms with Gasteiger partial charge < -0.3 is 10.4 Å². The minimum atomic E-state index is -3.32. The smallest absolute Gasteiger partial charge is 0.409 e. The molecular formula is C27H34N4O5S. The number of amides is 1. The van der Waals surface area contributed by atoms with Gasteiger partial charge in [-0.3, -0.25) is 21.4 Å². The first-order chi connectivity index (χ1) is 17.4. The Kier molecular flexibility index (Phi) is 10.6. The van der Waals surface area contributed by atoms with E-state index >= 15 is 0 Å². The Morgan fingerprint density at radius 1 is 0.946 bits per heavy atom. The summed E-state index contributed by atoms with van der Waals surface area (Å²) in [7, 11) is -3.32. The molecule has 3 aromatic rings. The van der Waals surface area contributed by atoms with E-state index in [1.165, 1.54) is 0 Å². The highest BCUT2D eigenvalue weighted by Crippen LogP contribution is 2.28. The maximum absolute atomic E-state index is 11.7. The minimum absolute atomic E-state index is 0.00478. The van der Waals surface area contributed by atoms with E-state index in [1.54, 1.807) is 54.6 Å². The number of hydrogen-bond donors (Lipinski definition) is 6. The summed E-state index contributed by atoms with van der Waals surface area (Å²) in [6.07, 6.45) is 1.11. The summed E-state index contributed by atoms with van der Waals surface area (Å²) < 4.78 is 23.5. The number of carbonyl (C=O) groups is 1. The van der Waals surface area contributed by atoms with Crippen LogP contribution in [-0.4, -0.2) is 43.0 Å². The van der Waals surface area contributed by atoms with Crippen LogP contribution in [0.1, 0.15) is 32.8 Å². The zero-order valence-electron chi connectivity index (χ0n) is 21.3. The van der Waals surface area contributed by atoms with E-state index in [1.807, 2.05) is 23.7 Å². The zero-order valence-corrected chi connectivity index (χ0v) is 22.1. The van der Waals surface area contributed by atoms with Crippen molar-refractivity contribution in [3.63, 3.8) is 0 Å². The molecule has 9 nitrogen and oxygen atoms in total. The molecule has 3 aromatic carbocycles. The van der Waals surface area contributed by atoms with E-state index in [2.05, 4.69) is 31.4 Å². The second-order valence-corrected chi connectivity index (χ2v) is 11.0. The van der Waals surface area contributed by atoms with Gasteiger partial charge in [-0.1, -0.05) is 56.3 Å². The summed E-state index contributed by atoms with van der Waals surface area (Å²) >= 11 is 0. The number of anilines is 2. The minimum Gasteiger partial charge on any atom is -0.465 e. The fraction of sp³-hybridized carbons (Fsp3) is 0.259. The van der Waals surface area contributed by atoms with Crippen molar-refractivity contribution < 1.29 is 23.5 Å². The lowest BCUT2D eigenvalue weighted by Gasteiger charge is -2.17. The lowest BCUT2D eigenvalue weighted by molar-refractivity contribution is 0.209. The van der Waals surface area contributed by atoms with E-state index in [0.717, 1.165) is 18.4 Å². The van der Waals surface area contributed by atoms with Gasteiger partial charge >= 0.3 is 6.09 Å². The van der Waals surface area contributed by atoms with Crippen molar-refractivity contribution >= 4 is 33.1 Å². The van der Waals surface area contributed by atoms with Crippen molar-refractivity contribution in [1.82, 2.24) is 5.48 Å². The fourth-order valence-electron chi connectivity index (χ4n) is 3.76. The molecule has 1 amide bonds. The first kappa shape index (κ1) is 29.3. The molecule has 0 aromatic heterocycles. The molecule has 198 valence electrons. The second kappa shape index (κ2) is 13.4. The third-order valence-corrected chi connectivity index (χ3v) is 6.39. The molecule has 0 unspecified atom stereocenters. The predicted octanol–water partition coefficient (Wildman–Crippen LogP) is 5.68. The van der Waals surface area contributed by atoms with Gasteiger partial charge in [-0.25, -0.2) is 13.2 Å². The van der Waals surface area contributed by atoms with Crippen LogP contribution in [0.2, 0.25) is 0 Å². The summed E-state index contributed by atoms with van der Waals surface area (Å²) in [5, 5.41) is 30.4. The third kappa shape index (κ3) is 9.59. The maximum atomic E-state index is 11.7.